The van der Waals surface area contributed by atoms with E-state index >= 15 is 0 Å². The number of carbonyl (C=O) groups excluding carboxylic acids is 1. The first kappa shape index (κ1) is 21.9. The number of fused-ring (bicyclic) bond motifs is 1. The van der Waals surface area contributed by atoms with Crippen molar-refractivity contribution in [3.05, 3.63) is 74.8 Å². The van der Waals surface area contributed by atoms with E-state index in [-0.39, 0.29) is 17.5 Å². The number of benzene rings is 2. The Morgan fingerprint density at radius 3 is 2.73 bits per heavy atom. The minimum Gasteiger partial charge on any atom is -0.385 e. The van der Waals surface area contributed by atoms with Gasteiger partial charge in [-0.2, -0.15) is 0 Å². The zero-order chi connectivity index (χ0) is 21.5. The average Bonchev–Trinajstić information content (AvgIpc) is 2.75. The lowest BCUT2D eigenvalue weighted by Crippen LogP contribution is -2.33. The van der Waals surface area contributed by atoms with Crippen molar-refractivity contribution >= 4 is 29.0 Å². The van der Waals surface area contributed by atoms with Gasteiger partial charge >= 0.3 is 0 Å². The van der Waals surface area contributed by atoms with Crippen LogP contribution in [-0.4, -0.2) is 35.2 Å². The third kappa shape index (κ3) is 5.43. The highest BCUT2D eigenvalue weighted by Gasteiger charge is 2.13. The summed E-state index contributed by atoms with van der Waals surface area (Å²) in [7, 11) is 1.62. The SMILES string of the molecule is COCCCn1c(=S)[nH]c2cc(C(=O)NC(C)CCc3ccccc3)ccc2c1=O. The fourth-order valence-corrected chi connectivity index (χ4v) is 3.66. The van der Waals surface area contributed by atoms with Crippen LogP contribution in [0.1, 0.15) is 35.7 Å². The number of H-pyrrole nitrogens is 1. The minimum atomic E-state index is -0.166. The van der Waals surface area contributed by atoms with Gasteiger partial charge in [-0.15, -0.1) is 0 Å². The van der Waals surface area contributed by atoms with Crippen molar-refractivity contribution in [1.29, 1.82) is 0 Å². The lowest BCUT2D eigenvalue weighted by atomic mass is 10.1. The van der Waals surface area contributed by atoms with E-state index in [1.54, 1.807) is 25.3 Å². The first-order chi connectivity index (χ1) is 14.5. The van der Waals surface area contributed by atoms with Crippen molar-refractivity contribution < 1.29 is 9.53 Å². The molecule has 0 bridgehead atoms. The maximum atomic E-state index is 12.8. The van der Waals surface area contributed by atoms with Crippen molar-refractivity contribution in [3.8, 4) is 0 Å². The number of nitrogens with one attached hydrogen (secondary N) is 2. The smallest absolute Gasteiger partial charge is 0.262 e. The molecule has 7 heteroatoms. The monoisotopic (exact) mass is 425 g/mol. The Labute approximate surface area is 180 Å². The molecule has 3 aromatic rings. The Morgan fingerprint density at radius 2 is 2.00 bits per heavy atom. The van der Waals surface area contributed by atoms with Crippen LogP contribution in [0.4, 0.5) is 0 Å². The van der Waals surface area contributed by atoms with Gasteiger partial charge in [-0.25, -0.2) is 0 Å². The Hall–Kier alpha value is -2.77. The molecule has 0 fully saturated rings. The lowest BCUT2D eigenvalue weighted by Gasteiger charge is -2.14. The average molecular weight is 426 g/mol. The van der Waals surface area contributed by atoms with Gasteiger partial charge < -0.3 is 15.0 Å². The fraction of sp³-hybridized carbons (Fsp3) is 0.348. The van der Waals surface area contributed by atoms with Crippen LogP contribution in [0.5, 0.6) is 0 Å². The molecule has 1 amide bonds. The standard InChI is InChI=1S/C23H27N3O3S/c1-16(9-10-17-7-4-3-5-8-17)24-21(27)18-11-12-19-20(15-18)25-23(30)26(22(19)28)13-6-14-29-2/h3-5,7-8,11-12,15-16H,6,9-10,13-14H2,1-2H3,(H,24,27)(H,25,30). The van der Waals surface area contributed by atoms with E-state index in [2.05, 4.69) is 22.4 Å². The predicted molar refractivity (Wildman–Crippen MR) is 122 cm³/mol. The summed E-state index contributed by atoms with van der Waals surface area (Å²) in [6.07, 6.45) is 2.44. The summed E-state index contributed by atoms with van der Waals surface area (Å²) in [5.74, 6) is -0.166. The van der Waals surface area contributed by atoms with Gasteiger partial charge in [-0.1, -0.05) is 30.3 Å². The molecule has 158 valence electrons. The summed E-state index contributed by atoms with van der Waals surface area (Å²) in [4.78, 5) is 28.5. The molecule has 1 heterocycles. The van der Waals surface area contributed by atoms with E-state index in [1.807, 2.05) is 25.1 Å². The number of hydrogen-bond acceptors (Lipinski definition) is 4. The van der Waals surface area contributed by atoms with Crippen molar-refractivity contribution in [2.45, 2.75) is 38.8 Å². The molecule has 0 radical (unpaired) electrons. The Morgan fingerprint density at radius 1 is 1.23 bits per heavy atom. The van der Waals surface area contributed by atoms with Gasteiger partial charge in [0.1, 0.15) is 0 Å². The molecule has 30 heavy (non-hydrogen) atoms. The molecule has 0 saturated heterocycles. The Balaban J connectivity index is 1.71. The van der Waals surface area contributed by atoms with Crippen LogP contribution < -0.4 is 10.9 Å². The van der Waals surface area contributed by atoms with E-state index in [0.717, 1.165) is 12.8 Å². The molecule has 0 aliphatic rings. The number of aryl methyl sites for hydroxylation is 1. The van der Waals surface area contributed by atoms with Gasteiger partial charge in [-0.3, -0.25) is 14.2 Å². The van der Waals surface area contributed by atoms with Gasteiger partial charge in [0.25, 0.3) is 11.5 Å². The predicted octanol–water partition coefficient (Wildman–Crippen LogP) is 3.85. The summed E-state index contributed by atoms with van der Waals surface area (Å²) < 4.78 is 6.92. The molecule has 0 spiro atoms. The molecule has 2 N–H and O–H groups in total. The molecule has 3 rings (SSSR count). The normalized spacial score (nSPS) is 12.1. The highest BCUT2D eigenvalue weighted by atomic mass is 32.1. The van der Waals surface area contributed by atoms with E-state index in [1.165, 1.54) is 10.1 Å². The Bertz CT molecular complexity index is 1120. The van der Waals surface area contributed by atoms with Crippen molar-refractivity contribution in [2.75, 3.05) is 13.7 Å². The summed E-state index contributed by atoms with van der Waals surface area (Å²) in [6.45, 7) is 3.04. The third-order valence-electron chi connectivity index (χ3n) is 5.06. The third-order valence-corrected chi connectivity index (χ3v) is 5.38. The number of aromatic nitrogens is 2. The zero-order valence-corrected chi connectivity index (χ0v) is 18.1. The molecule has 1 atom stereocenters. The number of hydrogen-bond donors (Lipinski definition) is 2. The number of aromatic amines is 1. The molecule has 1 aromatic heterocycles. The van der Waals surface area contributed by atoms with E-state index in [0.29, 0.717) is 40.8 Å². The number of rotatable bonds is 9. The van der Waals surface area contributed by atoms with Crippen LogP contribution >= 0.6 is 12.2 Å². The topological polar surface area (TPSA) is 76.1 Å². The van der Waals surface area contributed by atoms with E-state index < -0.39 is 0 Å². The van der Waals surface area contributed by atoms with Crippen LogP contribution in [0.3, 0.4) is 0 Å². The number of amides is 1. The summed E-state index contributed by atoms with van der Waals surface area (Å²) >= 11 is 5.34. The summed E-state index contributed by atoms with van der Waals surface area (Å²) in [6, 6.07) is 15.3. The molecule has 0 saturated carbocycles. The van der Waals surface area contributed by atoms with Crippen molar-refractivity contribution in [2.24, 2.45) is 0 Å². The fourth-order valence-electron chi connectivity index (χ4n) is 3.37. The molecule has 0 aliphatic heterocycles. The minimum absolute atomic E-state index is 0.0284. The van der Waals surface area contributed by atoms with E-state index in [9.17, 15) is 9.59 Å². The second kappa shape index (κ2) is 10.3. The van der Waals surface area contributed by atoms with Gasteiger partial charge in [0.05, 0.1) is 10.9 Å². The maximum Gasteiger partial charge on any atom is 0.262 e. The quantitative estimate of drug-likeness (QED) is 0.403. The second-order valence-corrected chi connectivity index (χ2v) is 7.78. The number of carbonyl (C=O) groups is 1. The number of methoxy groups -OCH3 is 1. The summed E-state index contributed by atoms with van der Waals surface area (Å²) in [5.41, 5.74) is 2.15. The summed E-state index contributed by atoms with van der Waals surface area (Å²) in [5, 5.41) is 3.54. The van der Waals surface area contributed by atoms with Crippen LogP contribution in [0.15, 0.2) is 53.3 Å². The van der Waals surface area contributed by atoms with Crippen LogP contribution in [0, 0.1) is 4.77 Å². The first-order valence-corrected chi connectivity index (χ1v) is 10.5. The van der Waals surface area contributed by atoms with Gasteiger partial charge in [0.15, 0.2) is 4.77 Å². The largest absolute Gasteiger partial charge is 0.385 e. The molecular weight excluding hydrogens is 398 g/mol. The first-order valence-electron chi connectivity index (χ1n) is 10.1. The number of ether oxygens (including phenoxy) is 1. The van der Waals surface area contributed by atoms with Gasteiger partial charge in [-0.05, 0) is 62.2 Å². The lowest BCUT2D eigenvalue weighted by molar-refractivity contribution is 0.0938. The molecule has 2 aromatic carbocycles. The van der Waals surface area contributed by atoms with Gasteiger partial charge in [0, 0.05) is 31.9 Å². The van der Waals surface area contributed by atoms with Crippen molar-refractivity contribution in [3.63, 3.8) is 0 Å². The highest BCUT2D eigenvalue weighted by Crippen LogP contribution is 2.12. The zero-order valence-electron chi connectivity index (χ0n) is 17.3. The molecular formula is C23H27N3O3S. The molecule has 6 nitrogen and oxygen atoms in total. The highest BCUT2D eigenvalue weighted by molar-refractivity contribution is 7.71. The maximum absolute atomic E-state index is 12.8. The Kier molecular flexibility index (Phi) is 7.54. The van der Waals surface area contributed by atoms with Crippen LogP contribution in [-0.2, 0) is 17.7 Å². The second-order valence-electron chi connectivity index (χ2n) is 7.39. The van der Waals surface area contributed by atoms with Gasteiger partial charge in [0.2, 0.25) is 0 Å². The molecule has 1 unspecified atom stereocenters. The van der Waals surface area contributed by atoms with Crippen LogP contribution in [0.25, 0.3) is 10.9 Å². The van der Waals surface area contributed by atoms with E-state index in [4.69, 9.17) is 17.0 Å². The molecule has 0 aliphatic carbocycles. The van der Waals surface area contributed by atoms with Crippen LogP contribution in [0.2, 0.25) is 0 Å². The number of nitrogens with zero attached hydrogens (tertiary/aromatic N) is 1. The van der Waals surface area contributed by atoms with Crippen molar-refractivity contribution in [1.82, 2.24) is 14.9 Å².